The van der Waals surface area contributed by atoms with E-state index in [0.717, 1.165) is 16.9 Å². The first kappa shape index (κ1) is 30.0. The van der Waals surface area contributed by atoms with Crippen LogP contribution in [0.15, 0.2) is 83.8 Å². The van der Waals surface area contributed by atoms with Gasteiger partial charge in [-0.05, 0) is 54.4 Å². The van der Waals surface area contributed by atoms with Gasteiger partial charge in [0.2, 0.25) is 15.9 Å². The van der Waals surface area contributed by atoms with Crippen molar-refractivity contribution in [1.29, 1.82) is 0 Å². The molecule has 1 N–H and O–H groups in total. The normalized spacial score (nSPS) is 14.6. The van der Waals surface area contributed by atoms with Crippen molar-refractivity contribution in [2.75, 3.05) is 40.0 Å². The summed E-state index contributed by atoms with van der Waals surface area (Å²) in [6.07, 6.45) is 0. The van der Waals surface area contributed by atoms with Crippen LogP contribution in [0.25, 0.3) is 0 Å². The lowest BCUT2D eigenvalue weighted by atomic mass is 10.1. The first-order valence-corrected chi connectivity index (χ1v) is 14.8. The van der Waals surface area contributed by atoms with Gasteiger partial charge in [-0.3, -0.25) is 9.59 Å². The summed E-state index contributed by atoms with van der Waals surface area (Å²) in [6.45, 7) is 3.21. The first-order chi connectivity index (χ1) is 19.8. The van der Waals surface area contributed by atoms with Crippen LogP contribution in [0.4, 0.5) is 0 Å². The van der Waals surface area contributed by atoms with Gasteiger partial charge in [-0.15, -0.1) is 0 Å². The van der Waals surface area contributed by atoms with Crippen molar-refractivity contribution in [3.05, 3.63) is 90.0 Å². The summed E-state index contributed by atoms with van der Waals surface area (Å²) < 4.78 is 43.2. The predicted octanol–water partition coefficient (Wildman–Crippen LogP) is 2.83. The van der Waals surface area contributed by atoms with E-state index in [1.807, 2.05) is 54.6 Å². The van der Waals surface area contributed by atoms with Gasteiger partial charge in [0, 0.05) is 26.2 Å². The van der Waals surface area contributed by atoms with E-state index in [9.17, 15) is 18.0 Å². The van der Waals surface area contributed by atoms with E-state index in [-0.39, 0.29) is 29.9 Å². The average molecular weight is 582 g/mol. The Balaban J connectivity index is 1.39. The maximum atomic E-state index is 13.3. The summed E-state index contributed by atoms with van der Waals surface area (Å²) in [5.74, 6) is 0.380. The van der Waals surface area contributed by atoms with Crippen LogP contribution in [0.2, 0.25) is 0 Å². The van der Waals surface area contributed by atoms with Gasteiger partial charge < -0.3 is 24.4 Å². The molecule has 10 nitrogen and oxygen atoms in total. The molecule has 0 spiro atoms. The number of nitrogens with zero attached hydrogens (tertiary/aromatic N) is 2. The summed E-state index contributed by atoms with van der Waals surface area (Å²) in [7, 11) is -2.05. The molecule has 2 amide bonds. The molecule has 4 rings (SSSR count). The first-order valence-electron chi connectivity index (χ1n) is 13.3. The highest BCUT2D eigenvalue weighted by Crippen LogP contribution is 2.21. The molecule has 1 aliphatic heterocycles. The Morgan fingerprint density at radius 3 is 2.20 bits per heavy atom. The van der Waals surface area contributed by atoms with Crippen molar-refractivity contribution in [1.82, 2.24) is 14.5 Å². The second-order valence-electron chi connectivity index (χ2n) is 9.53. The number of methoxy groups -OCH3 is 1. The number of benzene rings is 3. The second kappa shape index (κ2) is 14.1. The van der Waals surface area contributed by atoms with Crippen molar-refractivity contribution >= 4 is 21.8 Å². The van der Waals surface area contributed by atoms with Crippen LogP contribution in [0, 0.1) is 0 Å². The number of carbonyl (C=O) groups excluding carboxylic acids is 2. The lowest BCUT2D eigenvalue weighted by Gasteiger charge is -2.29. The van der Waals surface area contributed by atoms with Crippen molar-refractivity contribution in [2.24, 2.45) is 0 Å². The quantitative estimate of drug-likeness (QED) is 0.350. The van der Waals surface area contributed by atoms with Crippen LogP contribution in [0.1, 0.15) is 18.1 Å². The van der Waals surface area contributed by atoms with Crippen molar-refractivity contribution in [3.8, 4) is 11.5 Å². The Hall–Kier alpha value is -3.93. The van der Waals surface area contributed by atoms with Gasteiger partial charge >= 0.3 is 0 Å². The van der Waals surface area contributed by atoms with Crippen molar-refractivity contribution in [2.45, 2.75) is 31.0 Å². The van der Waals surface area contributed by atoms with Crippen LogP contribution >= 0.6 is 0 Å². The Bertz CT molecular complexity index is 1390. The Morgan fingerprint density at radius 2 is 1.56 bits per heavy atom. The third kappa shape index (κ3) is 8.06. The Kier molecular flexibility index (Phi) is 10.3. The van der Waals surface area contributed by atoms with Crippen molar-refractivity contribution < 1.29 is 32.2 Å². The molecule has 1 fully saturated rings. The summed E-state index contributed by atoms with van der Waals surface area (Å²) in [5.41, 5.74) is 1.77. The number of rotatable bonds is 12. The fraction of sp³-hybridized carbons (Fsp3) is 0.333. The molecule has 11 heteroatoms. The number of sulfonamides is 1. The van der Waals surface area contributed by atoms with E-state index in [0.29, 0.717) is 38.6 Å². The lowest BCUT2D eigenvalue weighted by molar-refractivity contribution is -0.142. The number of morpholine rings is 1. The zero-order valence-corrected chi connectivity index (χ0v) is 24.0. The SMILES string of the molecule is COc1ccc(CNC(=O)[C@@H](C)N(Cc2ccccc2)C(=O)COc2ccc(S(=O)(=O)N3CCOCC3)cc2)cc1. The second-order valence-corrected chi connectivity index (χ2v) is 11.5. The molecule has 1 saturated heterocycles. The summed E-state index contributed by atoms with van der Waals surface area (Å²) in [5, 5.41) is 2.90. The van der Waals surface area contributed by atoms with Crippen LogP contribution < -0.4 is 14.8 Å². The van der Waals surface area contributed by atoms with Gasteiger partial charge in [-0.1, -0.05) is 42.5 Å². The number of hydrogen-bond donors (Lipinski definition) is 1. The fourth-order valence-corrected chi connectivity index (χ4v) is 5.72. The predicted molar refractivity (Wildman–Crippen MR) is 153 cm³/mol. The van der Waals surface area contributed by atoms with Gasteiger partial charge in [0.05, 0.1) is 25.2 Å². The Morgan fingerprint density at radius 1 is 0.927 bits per heavy atom. The minimum absolute atomic E-state index is 0.144. The number of nitrogens with one attached hydrogen (secondary N) is 1. The molecule has 0 radical (unpaired) electrons. The van der Waals surface area contributed by atoms with Crippen LogP contribution in [-0.2, 0) is 37.4 Å². The molecule has 0 bridgehead atoms. The van der Waals surface area contributed by atoms with E-state index in [4.69, 9.17) is 14.2 Å². The molecule has 218 valence electrons. The summed E-state index contributed by atoms with van der Waals surface area (Å²) in [4.78, 5) is 28.0. The van der Waals surface area contributed by atoms with E-state index in [1.54, 1.807) is 14.0 Å². The van der Waals surface area contributed by atoms with Gasteiger partial charge in [-0.25, -0.2) is 8.42 Å². The van der Waals surface area contributed by atoms with Gasteiger partial charge in [-0.2, -0.15) is 4.31 Å². The molecule has 41 heavy (non-hydrogen) atoms. The zero-order valence-electron chi connectivity index (χ0n) is 23.2. The molecule has 0 unspecified atom stereocenters. The maximum Gasteiger partial charge on any atom is 0.261 e. The zero-order chi connectivity index (χ0) is 29.2. The van der Waals surface area contributed by atoms with Gasteiger partial charge in [0.1, 0.15) is 17.5 Å². The summed E-state index contributed by atoms with van der Waals surface area (Å²) in [6, 6.07) is 21.9. The Labute approximate surface area is 240 Å². The van der Waals surface area contributed by atoms with Gasteiger partial charge in [0.25, 0.3) is 5.91 Å². The number of amides is 2. The largest absolute Gasteiger partial charge is 0.497 e. The van der Waals surface area contributed by atoms with Crippen molar-refractivity contribution in [3.63, 3.8) is 0 Å². The third-order valence-electron chi connectivity index (χ3n) is 6.78. The number of hydrogen-bond acceptors (Lipinski definition) is 7. The van der Waals surface area contributed by atoms with E-state index in [2.05, 4.69) is 5.32 Å². The highest BCUT2D eigenvalue weighted by atomic mass is 32.2. The molecule has 3 aromatic rings. The highest BCUT2D eigenvalue weighted by Gasteiger charge is 2.28. The smallest absolute Gasteiger partial charge is 0.261 e. The topological polar surface area (TPSA) is 114 Å². The molecular weight excluding hydrogens is 546 g/mol. The molecule has 1 heterocycles. The maximum absolute atomic E-state index is 13.3. The summed E-state index contributed by atoms with van der Waals surface area (Å²) >= 11 is 0. The van der Waals surface area contributed by atoms with Gasteiger partial charge in [0.15, 0.2) is 6.61 Å². The molecule has 0 saturated carbocycles. The van der Waals surface area contributed by atoms with Crippen LogP contribution in [-0.4, -0.2) is 75.5 Å². The van der Waals surface area contributed by atoms with E-state index >= 15 is 0 Å². The molecule has 1 aliphatic rings. The lowest BCUT2D eigenvalue weighted by Crippen LogP contribution is -2.48. The van der Waals surface area contributed by atoms with E-state index < -0.39 is 16.1 Å². The number of carbonyl (C=O) groups is 2. The molecule has 3 aromatic carbocycles. The number of ether oxygens (including phenoxy) is 3. The van der Waals surface area contributed by atoms with E-state index in [1.165, 1.54) is 33.5 Å². The standard InChI is InChI=1S/C30H35N3O7S/c1-23(30(35)31-20-24-8-10-26(38-2)11-9-24)33(21-25-6-4-3-5-7-25)29(34)22-40-27-12-14-28(15-13-27)41(36,37)32-16-18-39-19-17-32/h3-15,23H,16-22H2,1-2H3,(H,31,35)/t23-/m1/s1. The molecule has 1 atom stereocenters. The molecule has 0 aromatic heterocycles. The van der Waals surface area contributed by atoms with Crippen LogP contribution in [0.5, 0.6) is 11.5 Å². The third-order valence-corrected chi connectivity index (χ3v) is 8.70. The monoisotopic (exact) mass is 581 g/mol. The van der Waals surface area contributed by atoms with Crippen LogP contribution in [0.3, 0.4) is 0 Å². The molecular formula is C30H35N3O7S. The minimum atomic E-state index is -3.64. The highest BCUT2D eigenvalue weighted by molar-refractivity contribution is 7.89. The minimum Gasteiger partial charge on any atom is -0.497 e. The average Bonchev–Trinajstić information content (AvgIpc) is 3.02. The fourth-order valence-electron chi connectivity index (χ4n) is 4.31. The molecule has 0 aliphatic carbocycles.